The molecule has 0 heterocycles. The molecule has 26 heavy (non-hydrogen) atoms. The molecule has 5 heteroatoms. The molecule has 0 saturated heterocycles. The SMILES string of the molecule is CCOC(=O)CCCC1CCCc2cc(OC(=O)C(C)(C)C)cc(Br)c21. The molecule has 1 unspecified atom stereocenters. The summed E-state index contributed by atoms with van der Waals surface area (Å²) in [5.41, 5.74) is 2.01. The van der Waals surface area contributed by atoms with Gasteiger partial charge in [-0.25, -0.2) is 0 Å². The van der Waals surface area contributed by atoms with Gasteiger partial charge in [-0.05, 0) is 89.0 Å². The van der Waals surface area contributed by atoms with Gasteiger partial charge in [0.05, 0.1) is 12.0 Å². The molecular weight excluding hydrogens is 396 g/mol. The second kappa shape index (κ2) is 9.03. The molecule has 1 aromatic rings. The minimum atomic E-state index is -0.530. The van der Waals surface area contributed by atoms with E-state index in [9.17, 15) is 9.59 Å². The van der Waals surface area contributed by atoms with Crippen LogP contribution in [0.3, 0.4) is 0 Å². The molecule has 1 aliphatic rings. The summed E-state index contributed by atoms with van der Waals surface area (Å²) in [4.78, 5) is 23.7. The fourth-order valence-electron chi connectivity index (χ4n) is 3.33. The normalized spacial score (nSPS) is 16.7. The van der Waals surface area contributed by atoms with E-state index in [-0.39, 0.29) is 11.9 Å². The molecule has 1 aromatic carbocycles. The van der Waals surface area contributed by atoms with Crippen molar-refractivity contribution < 1.29 is 19.1 Å². The van der Waals surface area contributed by atoms with E-state index in [0.717, 1.165) is 36.6 Å². The quantitative estimate of drug-likeness (QED) is 0.443. The third-order valence-electron chi connectivity index (χ3n) is 4.66. The van der Waals surface area contributed by atoms with Crippen molar-refractivity contribution in [3.05, 3.63) is 27.7 Å². The summed E-state index contributed by atoms with van der Waals surface area (Å²) in [6.07, 6.45) is 5.49. The van der Waals surface area contributed by atoms with Gasteiger partial charge in [-0.1, -0.05) is 15.9 Å². The van der Waals surface area contributed by atoms with Crippen molar-refractivity contribution in [1.82, 2.24) is 0 Å². The monoisotopic (exact) mass is 424 g/mol. The number of aryl methyl sites for hydroxylation is 1. The molecule has 0 aliphatic heterocycles. The summed E-state index contributed by atoms with van der Waals surface area (Å²) in [7, 11) is 0. The molecule has 1 aliphatic carbocycles. The van der Waals surface area contributed by atoms with E-state index in [1.54, 1.807) is 0 Å². The molecule has 0 saturated carbocycles. The van der Waals surface area contributed by atoms with E-state index < -0.39 is 5.41 Å². The van der Waals surface area contributed by atoms with Crippen molar-refractivity contribution in [1.29, 1.82) is 0 Å². The highest BCUT2D eigenvalue weighted by atomic mass is 79.9. The highest BCUT2D eigenvalue weighted by Gasteiger charge is 2.27. The molecule has 2 rings (SSSR count). The zero-order valence-corrected chi connectivity index (χ0v) is 17.8. The van der Waals surface area contributed by atoms with Crippen LogP contribution in [0.25, 0.3) is 0 Å². The second-order valence-electron chi connectivity index (χ2n) is 7.90. The Labute approximate surface area is 164 Å². The van der Waals surface area contributed by atoms with Crippen LogP contribution < -0.4 is 4.74 Å². The molecule has 0 N–H and O–H groups in total. The van der Waals surface area contributed by atoms with Gasteiger partial charge < -0.3 is 9.47 Å². The number of ether oxygens (including phenoxy) is 2. The molecule has 0 amide bonds. The average Bonchev–Trinajstić information content (AvgIpc) is 2.54. The first-order chi connectivity index (χ1) is 12.2. The summed E-state index contributed by atoms with van der Waals surface area (Å²) in [6.45, 7) is 7.82. The van der Waals surface area contributed by atoms with Gasteiger partial charge in [0.25, 0.3) is 0 Å². The van der Waals surface area contributed by atoms with Crippen molar-refractivity contribution in [2.75, 3.05) is 6.61 Å². The number of carbonyl (C=O) groups excluding carboxylic acids is 2. The molecule has 0 spiro atoms. The van der Waals surface area contributed by atoms with Crippen LogP contribution in [-0.2, 0) is 20.7 Å². The van der Waals surface area contributed by atoms with Crippen LogP contribution in [0.1, 0.15) is 76.8 Å². The van der Waals surface area contributed by atoms with Crippen molar-refractivity contribution in [2.45, 2.75) is 72.1 Å². The Morgan fingerprint density at radius 3 is 2.65 bits per heavy atom. The van der Waals surface area contributed by atoms with E-state index in [1.807, 2.05) is 39.8 Å². The van der Waals surface area contributed by atoms with Gasteiger partial charge in [-0.15, -0.1) is 0 Å². The Morgan fingerprint density at radius 1 is 1.27 bits per heavy atom. The molecule has 144 valence electrons. The van der Waals surface area contributed by atoms with Gasteiger partial charge >= 0.3 is 11.9 Å². The predicted molar refractivity (Wildman–Crippen MR) is 105 cm³/mol. The van der Waals surface area contributed by atoms with Crippen LogP contribution in [0, 0.1) is 5.41 Å². The molecule has 1 atom stereocenters. The fraction of sp³-hybridized carbons (Fsp3) is 0.619. The Kier molecular flexibility index (Phi) is 7.27. The van der Waals surface area contributed by atoms with Crippen LogP contribution in [0.2, 0.25) is 0 Å². The maximum absolute atomic E-state index is 12.2. The summed E-state index contributed by atoms with van der Waals surface area (Å²) in [5, 5.41) is 0. The average molecular weight is 425 g/mol. The van der Waals surface area contributed by atoms with Crippen LogP contribution in [0.4, 0.5) is 0 Å². The van der Waals surface area contributed by atoms with E-state index >= 15 is 0 Å². The number of hydrogen-bond donors (Lipinski definition) is 0. The van der Waals surface area contributed by atoms with E-state index in [1.165, 1.54) is 11.1 Å². The Hall–Kier alpha value is -1.36. The highest BCUT2D eigenvalue weighted by Crippen LogP contribution is 2.41. The molecule has 0 bridgehead atoms. The van der Waals surface area contributed by atoms with Crippen LogP contribution >= 0.6 is 15.9 Å². The number of benzene rings is 1. The maximum atomic E-state index is 12.2. The number of esters is 2. The third kappa shape index (κ3) is 5.57. The zero-order chi connectivity index (χ0) is 19.3. The van der Waals surface area contributed by atoms with Gasteiger partial charge in [0.15, 0.2) is 0 Å². The van der Waals surface area contributed by atoms with E-state index in [4.69, 9.17) is 9.47 Å². The molecule has 0 fully saturated rings. The lowest BCUT2D eigenvalue weighted by atomic mass is 9.80. The highest BCUT2D eigenvalue weighted by molar-refractivity contribution is 9.10. The van der Waals surface area contributed by atoms with Gasteiger partial charge in [0, 0.05) is 10.9 Å². The largest absolute Gasteiger partial charge is 0.466 e. The van der Waals surface area contributed by atoms with Crippen molar-refractivity contribution >= 4 is 27.9 Å². The number of carbonyl (C=O) groups is 2. The third-order valence-corrected chi connectivity index (χ3v) is 5.31. The zero-order valence-electron chi connectivity index (χ0n) is 16.2. The minimum Gasteiger partial charge on any atom is -0.466 e. The lowest BCUT2D eigenvalue weighted by molar-refractivity contribution is -0.144. The van der Waals surface area contributed by atoms with Crippen molar-refractivity contribution in [2.24, 2.45) is 5.41 Å². The number of fused-ring (bicyclic) bond motifs is 1. The first-order valence-corrected chi connectivity index (χ1v) is 10.2. The van der Waals surface area contributed by atoms with Gasteiger partial charge in [0.2, 0.25) is 0 Å². The number of hydrogen-bond acceptors (Lipinski definition) is 4. The summed E-state index contributed by atoms with van der Waals surface area (Å²) in [6, 6.07) is 3.90. The van der Waals surface area contributed by atoms with Crippen LogP contribution in [0.5, 0.6) is 5.75 Å². The van der Waals surface area contributed by atoms with Crippen molar-refractivity contribution in [3.8, 4) is 5.75 Å². The maximum Gasteiger partial charge on any atom is 0.316 e. The van der Waals surface area contributed by atoms with Crippen LogP contribution in [-0.4, -0.2) is 18.5 Å². The lowest BCUT2D eigenvalue weighted by Crippen LogP contribution is -2.25. The summed E-state index contributed by atoms with van der Waals surface area (Å²) < 4.78 is 11.6. The smallest absolute Gasteiger partial charge is 0.316 e. The number of rotatable bonds is 6. The summed E-state index contributed by atoms with van der Waals surface area (Å²) >= 11 is 3.68. The van der Waals surface area contributed by atoms with Gasteiger partial charge in [-0.3, -0.25) is 9.59 Å². The minimum absolute atomic E-state index is 0.118. The first kappa shape index (κ1) is 20.9. The molecule has 0 aromatic heterocycles. The summed E-state index contributed by atoms with van der Waals surface area (Å²) in [5.74, 6) is 0.677. The van der Waals surface area contributed by atoms with Gasteiger partial charge in [-0.2, -0.15) is 0 Å². The Balaban J connectivity index is 2.09. The van der Waals surface area contributed by atoms with E-state index in [2.05, 4.69) is 15.9 Å². The number of halogens is 1. The molecule has 0 radical (unpaired) electrons. The Morgan fingerprint density at radius 2 is 2.00 bits per heavy atom. The predicted octanol–water partition coefficient (Wildman–Crippen LogP) is 5.55. The van der Waals surface area contributed by atoms with E-state index in [0.29, 0.717) is 24.7 Å². The first-order valence-electron chi connectivity index (χ1n) is 9.42. The van der Waals surface area contributed by atoms with Gasteiger partial charge in [0.1, 0.15) is 5.75 Å². The lowest BCUT2D eigenvalue weighted by Gasteiger charge is -2.27. The molecule has 4 nitrogen and oxygen atoms in total. The van der Waals surface area contributed by atoms with Crippen molar-refractivity contribution in [3.63, 3.8) is 0 Å². The fourth-order valence-corrected chi connectivity index (χ4v) is 4.13. The molecular formula is C21H29BrO4. The second-order valence-corrected chi connectivity index (χ2v) is 8.76. The van der Waals surface area contributed by atoms with Crippen LogP contribution in [0.15, 0.2) is 16.6 Å². The standard InChI is InChI=1S/C21H29BrO4/c1-5-25-18(23)11-7-9-14-8-6-10-15-12-16(13-17(22)19(14)15)26-20(24)21(2,3)4/h12-14H,5-11H2,1-4H3. The topological polar surface area (TPSA) is 52.6 Å². The Bertz CT molecular complexity index is 661.